The molecule has 100 valence electrons. The van der Waals surface area contributed by atoms with Crippen LogP contribution in [0.25, 0.3) is 0 Å². The molecule has 6 nitrogen and oxygen atoms in total. The van der Waals surface area contributed by atoms with E-state index in [-0.39, 0.29) is 17.5 Å². The summed E-state index contributed by atoms with van der Waals surface area (Å²) in [6, 6.07) is 6.04. The minimum absolute atomic E-state index is 0.188. The van der Waals surface area contributed by atoms with Crippen LogP contribution < -0.4 is 10.5 Å². The summed E-state index contributed by atoms with van der Waals surface area (Å²) >= 11 is 0. The lowest BCUT2D eigenvalue weighted by Gasteiger charge is -2.23. The molecule has 1 aliphatic heterocycles. The third-order valence-electron chi connectivity index (χ3n) is 2.58. The molecule has 0 saturated carbocycles. The summed E-state index contributed by atoms with van der Waals surface area (Å²) < 4.78 is 36.9. The average Bonchev–Trinajstić information content (AvgIpc) is 2.38. The molecule has 0 bridgehead atoms. The second-order valence-corrected chi connectivity index (χ2v) is 5.76. The molecule has 18 heavy (non-hydrogen) atoms. The predicted octanol–water partition coefficient (Wildman–Crippen LogP) is -0.0375. The number of anilines is 1. The van der Waals surface area contributed by atoms with Crippen LogP contribution >= 0.6 is 0 Å². The van der Waals surface area contributed by atoms with Gasteiger partial charge >= 0.3 is 0 Å². The molecule has 1 saturated heterocycles. The van der Waals surface area contributed by atoms with Crippen molar-refractivity contribution in [3.63, 3.8) is 0 Å². The topological polar surface area (TPSA) is 90.7 Å². The molecule has 1 aromatic rings. The fourth-order valence-corrected chi connectivity index (χ4v) is 2.65. The van der Waals surface area contributed by atoms with Crippen molar-refractivity contribution in [1.29, 1.82) is 0 Å². The summed E-state index contributed by atoms with van der Waals surface area (Å²) in [7, 11) is -3.52. The summed E-state index contributed by atoms with van der Waals surface area (Å²) in [5.74, 6) is 0. The lowest BCUT2D eigenvalue weighted by molar-refractivity contribution is -0.0846. The first kappa shape index (κ1) is 13.3. The van der Waals surface area contributed by atoms with Gasteiger partial charge in [0.25, 0.3) is 0 Å². The van der Waals surface area contributed by atoms with Crippen molar-refractivity contribution in [2.45, 2.75) is 11.0 Å². The van der Waals surface area contributed by atoms with Gasteiger partial charge < -0.3 is 15.2 Å². The Kier molecular flexibility index (Phi) is 4.18. The first-order chi connectivity index (χ1) is 8.58. The number of benzene rings is 1. The largest absolute Gasteiger partial charge is 0.399 e. The van der Waals surface area contributed by atoms with Gasteiger partial charge in [-0.2, -0.15) is 0 Å². The second-order valence-electron chi connectivity index (χ2n) is 3.99. The average molecular weight is 272 g/mol. The molecule has 1 fully saturated rings. The summed E-state index contributed by atoms with van der Waals surface area (Å²) in [5, 5.41) is 0. The van der Waals surface area contributed by atoms with E-state index in [0.29, 0.717) is 25.5 Å². The van der Waals surface area contributed by atoms with Gasteiger partial charge in [0.2, 0.25) is 10.0 Å². The van der Waals surface area contributed by atoms with Crippen molar-refractivity contribution >= 4 is 15.7 Å². The standard InChI is InChI=1S/C11H16N2O4S/c12-9-1-3-11(4-2-9)18(14,15)13-7-10-8-16-5-6-17-10/h1-4,10,13H,5-8,12H2. The maximum absolute atomic E-state index is 11.9. The normalized spacial score (nSPS) is 20.8. The van der Waals surface area contributed by atoms with E-state index in [4.69, 9.17) is 15.2 Å². The van der Waals surface area contributed by atoms with E-state index >= 15 is 0 Å². The Bertz CT molecular complexity index is 480. The fourth-order valence-electron chi connectivity index (χ4n) is 1.59. The zero-order valence-electron chi connectivity index (χ0n) is 9.83. The number of nitrogens with two attached hydrogens (primary N) is 1. The van der Waals surface area contributed by atoms with Crippen molar-refractivity contribution in [3.05, 3.63) is 24.3 Å². The van der Waals surface area contributed by atoms with Gasteiger partial charge in [0.1, 0.15) is 0 Å². The first-order valence-electron chi connectivity index (χ1n) is 5.62. The van der Waals surface area contributed by atoms with Gasteiger partial charge in [-0.05, 0) is 24.3 Å². The summed E-state index contributed by atoms with van der Waals surface area (Å²) in [4.78, 5) is 0.188. The summed E-state index contributed by atoms with van der Waals surface area (Å²) in [5.41, 5.74) is 6.03. The highest BCUT2D eigenvalue weighted by Crippen LogP contribution is 2.11. The van der Waals surface area contributed by atoms with Gasteiger partial charge in [-0.3, -0.25) is 0 Å². The Labute approximate surface area is 106 Å². The van der Waals surface area contributed by atoms with Crippen LogP contribution in [0, 0.1) is 0 Å². The van der Waals surface area contributed by atoms with Crippen LogP contribution in [-0.4, -0.2) is 40.9 Å². The maximum Gasteiger partial charge on any atom is 0.240 e. The molecule has 1 aromatic carbocycles. The highest BCUT2D eigenvalue weighted by molar-refractivity contribution is 7.89. The Morgan fingerprint density at radius 3 is 2.61 bits per heavy atom. The van der Waals surface area contributed by atoms with Gasteiger partial charge in [-0.25, -0.2) is 13.1 Å². The molecule has 2 rings (SSSR count). The Hall–Kier alpha value is -1.15. The smallest absolute Gasteiger partial charge is 0.240 e. The zero-order valence-corrected chi connectivity index (χ0v) is 10.7. The van der Waals surface area contributed by atoms with Crippen LogP contribution in [0.4, 0.5) is 5.69 Å². The number of hydrogen-bond acceptors (Lipinski definition) is 5. The third kappa shape index (κ3) is 3.42. The van der Waals surface area contributed by atoms with Crippen LogP contribution in [0.15, 0.2) is 29.2 Å². The highest BCUT2D eigenvalue weighted by Gasteiger charge is 2.19. The molecular formula is C11H16N2O4S. The second kappa shape index (κ2) is 5.66. The van der Waals surface area contributed by atoms with Crippen molar-refractivity contribution in [3.8, 4) is 0 Å². The Morgan fingerprint density at radius 2 is 2.00 bits per heavy atom. The van der Waals surface area contributed by atoms with Crippen LogP contribution in [0.1, 0.15) is 0 Å². The van der Waals surface area contributed by atoms with E-state index in [1.807, 2.05) is 0 Å². The Balaban J connectivity index is 1.96. The molecule has 3 N–H and O–H groups in total. The SMILES string of the molecule is Nc1ccc(S(=O)(=O)NCC2COCCO2)cc1. The summed E-state index contributed by atoms with van der Waals surface area (Å²) in [6.45, 7) is 1.66. The number of nitrogen functional groups attached to an aromatic ring is 1. The van der Waals surface area contributed by atoms with Crippen molar-refractivity contribution < 1.29 is 17.9 Å². The third-order valence-corrected chi connectivity index (χ3v) is 4.02. The molecule has 0 aliphatic carbocycles. The molecule has 0 aromatic heterocycles. The lowest BCUT2D eigenvalue weighted by Crippen LogP contribution is -2.39. The Morgan fingerprint density at radius 1 is 1.28 bits per heavy atom. The van der Waals surface area contributed by atoms with E-state index in [9.17, 15) is 8.42 Å². The molecular weight excluding hydrogens is 256 g/mol. The zero-order chi connectivity index (χ0) is 13.0. The number of ether oxygens (including phenoxy) is 2. The predicted molar refractivity (Wildman–Crippen MR) is 66.6 cm³/mol. The van der Waals surface area contributed by atoms with E-state index < -0.39 is 10.0 Å². The minimum Gasteiger partial charge on any atom is -0.399 e. The number of sulfonamides is 1. The molecule has 0 spiro atoms. The van der Waals surface area contributed by atoms with Crippen LogP contribution in [0.2, 0.25) is 0 Å². The maximum atomic E-state index is 11.9. The molecule has 1 aliphatic rings. The molecule has 1 unspecified atom stereocenters. The van der Waals surface area contributed by atoms with Gasteiger partial charge in [0, 0.05) is 12.2 Å². The molecule has 0 radical (unpaired) electrons. The molecule has 1 atom stereocenters. The molecule has 7 heteroatoms. The number of nitrogens with one attached hydrogen (secondary N) is 1. The fraction of sp³-hybridized carbons (Fsp3) is 0.455. The van der Waals surface area contributed by atoms with Crippen molar-refractivity contribution in [1.82, 2.24) is 4.72 Å². The van der Waals surface area contributed by atoms with E-state index in [2.05, 4.69) is 4.72 Å². The van der Waals surface area contributed by atoms with Gasteiger partial charge in [-0.15, -0.1) is 0 Å². The van der Waals surface area contributed by atoms with E-state index in [1.54, 1.807) is 12.1 Å². The lowest BCUT2D eigenvalue weighted by atomic mass is 10.3. The van der Waals surface area contributed by atoms with Crippen LogP contribution in [0.5, 0.6) is 0 Å². The number of hydrogen-bond donors (Lipinski definition) is 2. The van der Waals surface area contributed by atoms with Gasteiger partial charge in [0.05, 0.1) is 30.8 Å². The van der Waals surface area contributed by atoms with Gasteiger partial charge in [-0.1, -0.05) is 0 Å². The van der Waals surface area contributed by atoms with E-state index in [0.717, 1.165) is 0 Å². The van der Waals surface area contributed by atoms with Gasteiger partial charge in [0.15, 0.2) is 0 Å². The quantitative estimate of drug-likeness (QED) is 0.751. The highest BCUT2D eigenvalue weighted by atomic mass is 32.2. The first-order valence-corrected chi connectivity index (χ1v) is 7.11. The monoisotopic (exact) mass is 272 g/mol. The van der Waals surface area contributed by atoms with Crippen molar-refractivity contribution in [2.75, 3.05) is 32.1 Å². The number of rotatable bonds is 4. The van der Waals surface area contributed by atoms with Crippen molar-refractivity contribution in [2.24, 2.45) is 0 Å². The van der Waals surface area contributed by atoms with Crippen LogP contribution in [-0.2, 0) is 19.5 Å². The van der Waals surface area contributed by atoms with E-state index in [1.165, 1.54) is 12.1 Å². The molecule has 1 heterocycles. The minimum atomic E-state index is -3.52. The van der Waals surface area contributed by atoms with Crippen LogP contribution in [0.3, 0.4) is 0 Å². The summed E-state index contributed by atoms with van der Waals surface area (Å²) in [6.07, 6.45) is -0.234. The molecule has 0 amide bonds.